The molecule has 2 atom stereocenters. The number of likely N-dealkylation sites (tertiary alicyclic amines) is 1. The Labute approximate surface area is 125 Å². The van der Waals surface area contributed by atoms with Crippen molar-refractivity contribution in [3.63, 3.8) is 0 Å². The van der Waals surface area contributed by atoms with Gasteiger partial charge in [0, 0.05) is 32.7 Å². The summed E-state index contributed by atoms with van der Waals surface area (Å²) in [6.07, 6.45) is 0.724. The number of amides is 1. The second-order valence-corrected chi connectivity index (χ2v) is 5.59. The SMILES string of the molecule is CCN1C(=O)CCC(C(=O)O)C1c1ccc(N(C)C)cc1. The van der Waals surface area contributed by atoms with E-state index in [0.29, 0.717) is 19.4 Å². The second-order valence-electron chi connectivity index (χ2n) is 5.59. The molecule has 114 valence electrons. The van der Waals surface area contributed by atoms with E-state index in [2.05, 4.69) is 0 Å². The number of rotatable bonds is 4. The fraction of sp³-hybridized carbons (Fsp3) is 0.500. The van der Waals surface area contributed by atoms with Gasteiger partial charge in [0.2, 0.25) is 5.91 Å². The highest BCUT2D eigenvalue weighted by Crippen LogP contribution is 2.37. The average molecular weight is 290 g/mol. The minimum atomic E-state index is -0.831. The van der Waals surface area contributed by atoms with Crippen LogP contribution in [0, 0.1) is 5.92 Å². The van der Waals surface area contributed by atoms with Crippen LogP contribution >= 0.6 is 0 Å². The van der Waals surface area contributed by atoms with Gasteiger partial charge in [-0.15, -0.1) is 0 Å². The van der Waals surface area contributed by atoms with E-state index >= 15 is 0 Å². The van der Waals surface area contributed by atoms with Crippen molar-refractivity contribution in [3.05, 3.63) is 29.8 Å². The fourth-order valence-corrected chi connectivity index (χ4v) is 2.97. The smallest absolute Gasteiger partial charge is 0.308 e. The number of carbonyl (C=O) groups is 2. The van der Waals surface area contributed by atoms with Crippen molar-refractivity contribution in [1.29, 1.82) is 0 Å². The van der Waals surface area contributed by atoms with E-state index in [9.17, 15) is 14.7 Å². The number of benzene rings is 1. The maximum absolute atomic E-state index is 12.1. The number of hydrogen-bond donors (Lipinski definition) is 1. The summed E-state index contributed by atoms with van der Waals surface area (Å²) in [7, 11) is 3.91. The van der Waals surface area contributed by atoms with E-state index in [0.717, 1.165) is 11.3 Å². The molecule has 2 unspecified atom stereocenters. The summed E-state index contributed by atoms with van der Waals surface area (Å²) in [6.45, 7) is 2.42. The largest absolute Gasteiger partial charge is 0.481 e. The Bertz CT molecular complexity index is 523. The Morgan fingerprint density at radius 3 is 2.43 bits per heavy atom. The first-order chi connectivity index (χ1) is 9.95. The molecule has 0 aliphatic carbocycles. The highest BCUT2D eigenvalue weighted by molar-refractivity contribution is 5.81. The molecule has 0 bridgehead atoms. The number of carbonyl (C=O) groups excluding carboxylic acids is 1. The Kier molecular flexibility index (Phi) is 4.50. The summed E-state index contributed by atoms with van der Waals surface area (Å²) in [5.41, 5.74) is 1.94. The molecule has 5 heteroatoms. The minimum Gasteiger partial charge on any atom is -0.481 e. The molecule has 0 saturated carbocycles. The standard InChI is InChI=1S/C16H22N2O3/c1-4-18-14(19)10-9-13(16(20)21)15(18)11-5-7-12(8-6-11)17(2)3/h5-8,13,15H,4,9-10H2,1-3H3,(H,20,21). The van der Waals surface area contributed by atoms with Crippen LogP contribution in [-0.4, -0.2) is 42.5 Å². The average Bonchev–Trinajstić information content (AvgIpc) is 2.46. The maximum atomic E-state index is 12.1. The fourth-order valence-electron chi connectivity index (χ4n) is 2.97. The summed E-state index contributed by atoms with van der Waals surface area (Å²) in [5, 5.41) is 9.47. The minimum absolute atomic E-state index is 0.0386. The third-order valence-corrected chi connectivity index (χ3v) is 4.12. The number of carboxylic acids is 1. The van der Waals surface area contributed by atoms with Crippen molar-refractivity contribution in [2.75, 3.05) is 25.5 Å². The molecule has 1 fully saturated rings. The zero-order valence-corrected chi connectivity index (χ0v) is 12.7. The molecule has 1 aromatic rings. The highest BCUT2D eigenvalue weighted by atomic mass is 16.4. The van der Waals surface area contributed by atoms with Crippen LogP contribution in [-0.2, 0) is 9.59 Å². The van der Waals surface area contributed by atoms with E-state index in [1.807, 2.05) is 50.2 Å². The lowest BCUT2D eigenvalue weighted by Gasteiger charge is -2.39. The predicted octanol–water partition coefficient (Wildman–Crippen LogP) is 2.14. The van der Waals surface area contributed by atoms with Crippen LogP contribution in [0.3, 0.4) is 0 Å². The van der Waals surface area contributed by atoms with Crippen LogP contribution in [0.2, 0.25) is 0 Å². The number of anilines is 1. The number of nitrogens with zero attached hydrogens (tertiary/aromatic N) is 2. The molecule has 1 aliphatic rings. The number of piperidine rings is 1. The van der Waals surface area contributed by atoms with Crippen molar-refractivity contribution in [1.82, 2.24) is 4.90 Å². The van der Waals surface area contributed by atoms with Crippen molar-refractivity contribution >= 4 is 17.6 Å². The molecule has 1 aromatic carbocycles. The molecule has 2 rings (SSSR count). The van der Waals surface area contributed by atoms with Gasteiger partial charge >= 0.3 is 5.97 Å². The van der Waals surface area contributed by atoms with Gasteiger partial charge in [0.1, 0.15) is 0 Å². The van der Waals surface area contributed by atoms with Crippen molar-refractivity contribution in [2.45, 2.75) is 25.8 Å². The Balaban J connectivity index is 2.38. The van der Waals surface area contributed by atoms with Gasteiger partial charge in [-0.3, -0.25) is 9.59 Å². The Morgan fingerprint density at radius 1 is 1.33 bits per heavy atom. The first-order valence-electron chi connectivity index (χ1n) is 7.25. The number of carboxylic acid groups (broad SMARTS) is 1. The normalized spacial score (nSPS) is 22.2. The molecule has 5 nitrogen and oxygen atoms in total. The molecular formula is C16H22N2O3. The third-order valence-electron chi connectivity index (χ3n) is 4.12. The van der Waals surface area contributed by atoms with Gasteiger partial charge in [-0.1, -0.05) is 12.1 Å². The summed E-state index contributed by atoms with van der Waals surface area (Å²) in [5.74, 6) is -1.33. The van der Waals surface area contributed by atoms with Gasteiger partial charge in [0.05, 0.1) is 12.0 Å². The zero-order chi connectivity index (χ0) is 15.6. The highest BCUT2D eigenvalue weighted by Gasteiger charge is 2.39. The summed E-state index contributed by atoms with van der Waals surface area (Å²) < 4.78 is 0. The van der Waals surface area contributed by atoms with Crippen LogP contribution in [0.15, 0.2) is 24.3 Å². The van der Waals surface area contributed by atoms with Crippen molar-refractivity contribution in [3.8, 4) is 0 Å². The number of hydrogen-bond acceptors (Lipinski definition) is 3. The maximum Gasteiger partial charge on any atom is 0.308 e. The van der Waals surface area contributed by atoms with E-state index in [4.69, 9.17) is 0 Å². The topological polar surface area (TPSA) is 60.9 Å². The van der Waals surface area contributed by atoms with Gasteiger partial charge in [0.25, 0.3) is 0 Å². The van der Waals surface area contributed by atoms with Crippen LogP contribution in [0.25, 0.3) is 0 Å². The van der Waals surface area contributed by atoms with Gasteiger partial charge in [0.15, 0.2) is 0 Å². The predicted molar refractivity (Wildman–Crippen MR) is 81.3 cm³/mol. The van der Waals surface area contributed by atoms with Crippen LogP contribution in [0.5, 0.6) is 0 Å². The van der Waals surface area contributed by atoms with E-state index in [-0.39, 0.29) is 11.9 Å². The zero-order valence-electron chi connectivity index (χ0n) is 12.7. The van der Waals surface area contributed by atoms with Crippen molar-refractivity contribution in [2.24, 2.45) is 5.92 Å². The molecule has 1 heterocycles. The van der Waals surface area contributed by atoms with Gasteiger partial charge < -0.3 is 14.9 Å². The molecule has 0 spiro atoms. The molecule has 0 radical (unpaired) electrons. The monoisotopic (exact) mass is 290 g/mol. The quantitative estimate of drug-likeness (QED) is 0.923. The summed E-state index contributed by atoms with van der Waals surface area (Å²) in [6, 6.07) is 7.40. The molecule has 21 heavy (non-hydrogen) atoms. The lowest BCUT2D eigenvalue weighted by atomic mass is 9.84. The Hall–Kier alpha value is -2.04. The van der Waals surface area contributed by atoms with Crippen LogP contribution in [0.1, 0.15) is 31.4 Å². The van der Waals surface area contributed by atoms with E-state index in [1.165, 1.54) is 0 Å². The lowest BCUT2D eigenvalue weighted by Crippen LogP contribution is -2.45. The number of aliphatic carboxylic acids is 1. The first-order valence-corrected chi connectivity index (χ1v) is 7.25. The van der Waals surface area contributed by atoms with Gasteiger partial charge in [-0.05, 0) is 31.0 Å². The van der Waals surface area contributed by atoms with Gasteiger partial charge in [-0.2, -0.15) is 0 Å². The molecule has 1 N–H and O–H groups in total. The van der Waals surface area contributed by atoms with Crippen molar-refractivity contribution < 1.29 is 14.7 Å². The lowest BCUT2D eigenvalue weighted by molar-refractivity contribution is -0.151. The molecular weight excluding hydrogens is 268 g/mol. The molecule has 1 amide bonds. The summed E-state index contributed by atoms with van der Waals surface area (Å²) in [4.78, 5) is 27.3. The first kappa shape index (κ1) is 15.4. The molecule has 1 saturated heterocycles. The Morgan fingerprint density at radius 2 is 1.95 bits per heavy atom. The van der Waals surface area contributed by atoms with E-state index < -0.39 is 11.9 Å². The third kappa shape index (κ3) is 3.01. The molecule has 0 aromatic heterocycles. The van der Waals surface area contributed by atoms with E-state index in [1.54, 1.807) is 4.90 Å². The summed E-state index contributed by atoms with van der Waals surface area (Å²) >= 11 is 0. The van der Waals surface area contributed by atoms with Gasteiger partial charge in [-0.25, -0.2) is 0 Å². The van der Waals surface area contributed by atoms with Crippen LogP contribution in [0.4, 0.5) is 5.69 Å². The molecule has 1 aliphatic heterocycles. The van der Waals surface area contributed by atoms with Crippen LogP contribution < -0.4 is 4.90 Å². The second kappa shape index (κ2) is 6.16.